The Hall–Kier alpha value is -3.00. The minimum Gasteiger partial charge on any atom is -0.497 e. The van der Waals surface area contributed by atoms with Crippen molar-refractivity contribution in [2.24, 2.45) is 0 Å². The molecule has 0 fully saturated rings. The van der Waals surface area contributed by atoms with Gasteiger partial charge in [0.2, 0.25) is 0 Å². The van der Waals surface area contributed by atoms with Crippen LogP contribution in [0.3, 0.4) is 0 Å². The van der Waals surface area contributed by atoms with Crippen molar-refractivity contribution in [1.82, 2.24) is 0 Å². The van der Waals surface area contributed by atoms with Crippen LogP contribution >= 0.6 is 0 Å². The van der Waals surface area contributed by atoms with Crippen molar-refractivity contribution < 1.29 is 9.47 Å². The highest BCUT2D eigenvalue weighted by atomic mass is 16.5. The average molecular weight is 344 g/mol. The first kappa shape index (κ1) is 17.8. The summed E-state index contributed by atoms with van der Waals surface area (Å²) in [6, 6.07) is 23.1. The van der Waals surface area contributed by atoms with Gasteiger partial charge < -0.3 is 9.47 Å². The van der Waals surface area contributed by atoms with Gasteiger partial charge in [0.05, 0.1) is 14.2 Å². The van der Waals surface area contributed by atoms with Gasteiger partial charge in [-0.15, -0.1) is 0 Å². The fourth-order valence-electron chi connectivity index (χ4n) is 3.05. The van der Waals surface area contributed by atoms with Crippen LogP contribution in [0.25, 0.3) is 6.08 Å². The Kier molecular flexibility index (Phi) is 5.75. The quantitative estimate of drug-likeness (QED) is 0.561. The first-order chi connectivity index (χ1) is 12.7. The summed E-state index contributed by atoms with van der Waals surface area (Å²) in [5.41, 5.74) is 6.28. The minimum atomic E-state index is 0.882. The molecule has 3 aromatic carbocycles. The molecule has 0 aliphatic heterocycles. The smallest absolute Gasteiger partial charge is 0.118 e. The molecule has 132 valence electrons. The maximum atomic E-state index is 5.23. The summed E-state index contributed by atoms with van der Waals surface area (Å²) in [5.74, 6) is 1.77. The molecule has 0 N–H and O–H groups in total. The van der Waals surface area contributed by atoms with Gasteiger partial charge in [0, 0.05) is 0 Å². The van der Waals surface area contributed by atoms with Gasteiger partial charge in [0.1, 0.15) is 11.5 Å². The average Bonchev–Trinajstić information content (AvgIpc) is 2.70. The topological polar surface area (TPSA) is 18.5 Å². The molecule has 3 rings (SSSR count). The van der Waals surface area contributed by atoms with Crippen molar-refractivity contribution in [2.75, 3.05) is 14.2 Å². The van der Waals surface area contributed by atoms with Crippen LogP contribution in [0.4, 0.5) is 0 Å². The van der Waals surface area contributed by atoms with Crippen LogP contribution in [0.2, 0.25) is 0 Å². The van der Waals surface area contributed by atoms with Crippen LogP contribution in [0.15, 0.2) is 73.3 Å². The van der Waals surface area contributed by atoms with Gasteiger partial charge in [-0.3, -0.25) is 0 Å². The van der Waals surface area contributed by atoms with Crippen LogP contribution in [-0.2, 0) is 12.8 Å². The normalized spacial score (nSPS) is 10.4. The zero-order valence-corrected chi connectivity index (χ0v) is 15.4. The standard InChI is InChI=1S/C24H24O2/c1-4-21-17-20(15-18-6-11-23(25-2)12-7-18)5-10-22(21)16-19-8-13-24(26-3)14-9-19/h4-14,17H,1,15-16H2,2-3H3. The van der Waals surface area contributed by atoms with E-state index in [-0.39, 0.29) is 0 Å². The Bertz CT molecular complexity index is 862. The Morgan fingerprint density at radius 2 is 1.19 bits per heavy atom. The molecule has 0 aliphatic carbocycles. The highest BCUT2D eigenvalue weighted by Gasteiger charge is 2.05. The Morgan fingerprint density at radius 1 is 0.692 bits per heavy atom. The SMILES string of the molecule is C=Cc1cc(Cc2ccc(OC)cc2)ccc1Cc1ccc(OC)cc1. The van der Waals surface area contributed by atoms with E-state index in [0.29, 0.717) is 0 Å². The lowest BCUT2D eigenvalue weighted by Gasteiger charge is -2.10. The molecule has 0 heterocycles. The number of hydrogen-bond acceptors (Lipinski definition) is 2. The Morgan fingerprint density at radius 3 is 1.69 bits per heavy atom. The Labute approximate surface area is 155 Å². The molecule has 0 bridgehead atoms. The first-order valence-corrected chi connectivity index (χ1v) is 8.72. The third-order valence-electron chi connectivity index (χ3n) is 4.55. The van der Waals surface area contributed by atoms with Crippen molar-refractivity contribution in [3.8, 4) is 11.5 Å². The van der Waals surface area contributed by atoms with E-state index in [4.69, 9.17) is 9.47 Å². The summed E-state index contributed by atoms with van der Waals surface area (Å²) in [7, 11) is 3.37. The van der Waals surface area contributed by atoms with Crippen LogP contribution in [0, 0.1) is 0 Å². The van der Waals surface area contributed by atoms with E-state index in [0.717, 1.165) is 24.3 Å². The molecule has 26 heavy (non-hydrogen) atoms. The maximum absolute atomic E-state index is 5.23. The molecule has 0 unspecified atom stereocenters. The monoisotopic (exact) mass is 344 g/mol. The molecule has 0 aliphatic rings. The third kappa shape index (κ3) is 4.34. The van der Waals surface area contributed by atoms with Crippen molar-refractivity contribution in [3.05, 3.63) is 101 Å². The third-order valence-corrected chi connectivity index (χ3v) is 4.55. The second-order valence-electron chi connectivity index (χ2n) is 6.29. The van der Waals surface area contributed by atoms with E-state index >= 15 is 0 Å². The van der Waals surface area contributed by atoms with Gasteiger partial charge in [-0.1, -0.05) is 55.1 Å². The summed E-state index contributed by atoms with van der Waals surface area (Å²) >= 11 is 0. The number of methoxy groups -OCH3 is 2. The molecule has 0 spiro atoms. The van der Waals surface area contributed by atoms with Crippen LogP contribution < -0.4 is 9.47 Å². The minimum absolute atomic E-state index is 0.882. The lowest BCUT2D eigenvalue weighted by molar-refractivity contribution is 0.414. The molecule has 0 saturated carbocycles. The maximum Gasteiger partial charge on any atom is 0.118 e. The molecule has 0 radical (unpaired) electrons. The number of hydrogen-bond donors (Lipinski definition) is 0. The van der Waals surface area contributed by atoms with Crippen molar-refractivity contribution in [2.45, 2.75) is 12.8 Å². The van der Waals surface area contributed by atoms with Gasteiger partial charge >= 0.3 is 0 Å². The van der Waals surface area contributed by atoms with E-state index in [9.17, 15) is 0 Å². The molecule has 0 aromatic heterocycles. The van der Waals surface area contributed by atoms with Gasteiger partial charge in [0.15, 0.2) is 0 Å². The van der Waals surface area contributed by atoms with E-state index in [2.05, 4.69) is 49.0 Å². The number of benzene rings is 3. The molecule has 0 atom stereocenters. The molecule has 0 amide bonds. The van der Waals surface area contributed by atoms with Gasteiger partial charge in [0.25, 0.3) is 0 Å². The van der Waals surface area contributed by atoms with Gasteiger partial charge in [-0.25, -0.2) is 0 Å². The van der Waals surface area contributed by atoms with Crippen LogP contribution in [0.5, 0.6) is 11.5 Å². The number of ether oxygens (including phenoxy) is 2. The lowest BCUT2D eigenvalue weighted by atomic mass is 9.95. The lowest BCUT2D eigenvalue weighted by Crippen LogP contribution is -1.95. The van der Waals surface area contributed by atoms with Crippen LogP contribution in [0.1, 0.15) is 27.8 Å². The first-order valence-electron chi connectivity index (χ1n) is 8.72. The van der Waals surface area contributed by atoms with Gasteiger partial charge in [-0.05, 0) is 64.9 Å². The summed E-state index contributed by atoms with van der Waals surface area (Å²) < 4.78 is 10.4. The highest BCUT2D eigenvalue weighted by molar-refractivity contribution is 5.55. The second kappa shape index (κ2) is 8.39. The Balaban J connectivity index is 1.76. The van der Waals surface area contributed by atoms with E-state index in [1.54, 1.807) is 14.2 Å². The second-order valence-corrected chi connectivity index (χ2v) is 6.29. The predicted octanol–water partition coefficient (Wildman–Crippen LogP) is 5.53. The largest absolute Gasteiger partial charge is 0.497 e. The summed E-state index contributed by atoms with van der Waals surface area (Å²) in [6.07, 6.45) is 3.72. The molecule has 2 nitrogen and oxygen atoms in total. The number of rotatable bonds is 7. The fraction of sp³-hybridized carbons (Fsp3) is 0.167. The predicted molar refractivity (Wildman–Crippen MR) is 108 cm³/mol. The van der Waals surface area contributed by atoms with E-state index in [1.165, 1.54) is 27.8 Å². The zero-order valence-electron chi connectivity index (χ0n) is 15.4. The molecule has 0 saturated heterocycles. The fourth-order valence-corrected chi connectivity index (χ4v) is 3.05. The van der Waals surface area contributed by atoms with Crippen molar-refractivity contribution in [3.63, 3.8) is 0 Å². The molecule has 2 heteroatoms. The van der Waals surface area contributed by atoms with Gasteiger partial charge in [-0.2, -0.15) is 0 Å². The van der Waals surface area contributed by atoms with Crippen LogP contribution in [-0.4, -0.2) is 14.2 Å². The van der Waals surface area contributed by atoms with Crippen molar-refractivity contribution in [1.29, 1.82) is 0 Å². The molecule has 3 aromatic rings. The summed E-state index contributed by atoms with van der Waals surface area (Å²) in [6.45, 7) is 3.99. The van der Waals surface area contributed by atoms with Crippen molar-refractivity contribution >= 4 is 6.08 Å². The summed E-state index contributed by atoms with van der Waals surface area (Å²) in [5, 5.41) is 0. The van der Waals surface area contributed by atoms with E-state index < -0.39 is 0 Å². The molecular formula is C24H24O2. The van der Waals surface area contributed by atoms with E-state index in [1.807, 2.05) is 30.3 Å². The highest BCUT2D eigenvalue weighted by Crippen LogP contribution is 2.22. The summed E-state index contributed by atoms with van der Waals surface area (Å²) in [4.78, 5) is 0. The molecular weight excluding hydrogens is 320 g/mol. The zero-order chi connectivity index (χ0) is 18.4.